The van der Waals surface area contributed by atoms with Crippen LogP contribution in [0.2, 0.25) is 0 Å². The van der Waals surface area contributed by atoms with Crippen molar-refractivity contribution in [3.05, 3.63) is 0 Å². The third kappa shape index (κ3) is 4.10. The molecule has 0 aromatic carbocycles. The third-order valence-corrected chi connectivity index (χ3v) is 4.39. The molecule has 1 heterocycles. The van der Waals surface area contributed by atoms with Crippen molar-refractivity contribution in [3.8, 4) is 0 Å². The van der Waals surface area contributed by atoms with Crippen LogP contribution in [0.3, 0.4) is 0 Å². The smallest absolute Gasteiger partial charge is 0.314 e. The van der Waals surface area contributed by atoms with Gasteiger partial charge in [-0.2, -0.15) is 0 Å². The quantitative estimate of drug-likeness (QED) is 0.822. The van der Waals surface area contributed by atoms with Gasteiger partial charge in [-0.1, -0.05) is 27.7 Å². The molecule has 19 heavy (non-hydrogen) atoms. The summed E-state index contributed by atoms with van der Waals surface area (Å²) in [5.41, 5.74) is 0.142. The monoisotopic (exact) mass is 268 g/mol. The first-order chi connectivity index (χ1) is 8.88. The number of nitrogens with one attached hydrogen (secondary N) is 2. The summed E-state index contributed by atoms with van der Waals surface area (Å²) >= 11 is 0. The molecule has 0 radical (unpaired) electrons. The van der Waals surface area contributed by atoms with Crippen molar-refractivity contribution in [2.75, 3.05) is 19.7 Å². The zero-order valence-corrected chi connectivity index (χ0v) is 12.7. The van der Waals surface area contributed by atoms with E-state index >= 15 is 0 Å². The van der Waals surface area contributed by atoms with Gasteiger partial charge in [-0.15, -0.1) is 0 Å². The highest BCUT2D eigenvalue weighted by atomic mass is 16.5. The van der Waals surface area contributed by atoms with E-state index in [-0.39, 0.29) is 17.6 Å². The minimum Gasteiger partial charge on any atom is -0.377 e. The molecule has 2 rings (SSSR count). The second kappa shape index (κ2) is 5.70. The van der Waals surface area contributed by atoms with Gasteiger partial charge >= 0.3 is 6.03 Å². The maximum absolute atomic E-state index is 11.7. The summed E-state index contributed by atoms with van der Waals surface area (Å²) in [6.07, 6.45) is 2.54. The second-order valence-electron chi connectivity index (χ2n) is 7.27. The maximum Gasteiger partial charge on any atom is 0.314 e. The van der Waals surface area contributed by atoms with Crippen molar-refractivity contribution >= 4 is 6.03 Å². The Balaban J connectivity index is 1.67. The number of amides is 2. The average Bonchev–Trinajstić information content (AvgIpc) is 2.83. The first-order valence-corrected chi connectivity index (χ1v) is 7.51. The summed E-state index contributed by atoms with van der Waals surface area (Å²) in [4.78, 5) is 11.7. The lowest BCUT2D eigenvalue weighted by Crippen LogP contribution is -2.43. The summed E-state index contributed by atoms with van der Waals surface area (Å²) in [6, 6.07) is -0.0290. The fraction of sp³-hybridized carbons (Fsp3) is 0.933. The van der Waals surface area contributed by atoms with Crippen molar-refractivity contribution in [3.63, 3.8) is 0 Å². The van der Waals surface area contributed by atoms with Crippen molar-refractivity contribution in [2.45, 2.75) is 46.6 Å². The molecule has 4 atom stereocenters. The number of hydrogen-bond donors (Lipinski definition) is 2. The standard InChI is InChI=1S/C15H28N2O2/c1-10-7-12(10)9-17-14(18)16-8-11-5-6-19-13(11)15(2,3)4/h10-13H,5-9H2,1-4H3,(H2,16,17,18)/t10-,11+,12+,13-/m0/s1. The Labute approximate surface area is 116 Å². The molecule has 0 aromatic rings. The van der Waals surface area contributed by atoms with E-state index in [0.717, 1.165) is 25.5 Å². The topological polar surface area (TPSA) is 50.4 Å². The number of carbonyl (C=O) groups excluding carboxylic acids is 1. The fourth-order valence-electron chi connectivity index (χ4n) is 2.99. The summed E-state index contributed by atoms with van der Waals surface area (Å²) < 4.78 is 5.81. The van der Waals surface area contributed by atoms with Gasteiger partial charge in [-0.25, -0.2) is 4.79 Å². The second-order valence-corrected chi connectivity index (χ2v) is 7.27. The number of rotatable bonds is 4. The molecular formula is C15H28N2O2. The van der Waals surface area contributed by atoms with E-state index in [2.05, 4.69) is 38.3 Å². The molecule has 2 N–H and O–H groups in total. The van der Waals surface area contributed by atoms with Crippen LogP contribution in [0.5, 0.6) is 0 Å². The van der Waals surface area contributed by atoms with Crippen molar-refractivity contribution in [2.24, 2.45) is 23.2 Å². The molecular weight excluding hydrogens is 240 g/mol. The normalized spacial score (nSPS) is 34.1. The van der Waals surface area contributed by atoms with Gasteiger partial charge in [0.2, 0.25) is 0 Å². The third-order valence-electron chi connectivity index (χ3n) is 4.39. The predicted octanol–water partition coefficient (Wildman–Crippen LogP) is 2.39. The van der Waals surface area contributed by atoms with Gasteiger partial charge in [-0.05, 0) is 30.1 Å². The Bertz CT molecular complexity index is 325. The van der Waals surface area contributed by atoms with Gasteiger partial charge in [0.1, 0.15) is 0 Å². The predicted molar refractivity (Wildman–Crippen MR) is 76.0 cm³/mol. The molecule has 2 amide bonds. The van der Waals surface area contributed by atoms with E-state index < -0.39 is 0 Å². The van der Waals surface area contributed by atoms with E-state index in [9.17, 15) is 4.79 Å². The lowest BCUT2D eigenvalue weighted by Gasteiger charge is -2.31. The molecule has 110 valence electrons. The van der Waals surface area contributed by atoms with E-state index in [4.69, 9.17) is 4.74 Å². The Hall–Kier alpha value is -0.770. The Morgan fingerprint density at radius 3 is 2.32 bits per heavy atom. The zero-order valence-electron chi connectivity index (χ0n) is 12.7. The zero-order chi connectivity index (χ0) is 14.0. The van der Waals surface area contributed by atoms with E-state index in [1.54, 1.807) is 0 Å². The van der Waals surface area contributed by atoms with Crippen molar-refractivity contribution in [1.29, 1.82) is 0 Å². The molecule has 2 fully saturated rings. The average molecular weight is 268 g/mol. The molecule has 2 aliphatic rings. The van der Waals surface area contributed by atoms with Crippen LogP contribution in [0.25, 0.3) is 0 Å². The number of ether oxygens (including phenoxy) is 1. The lowest BCUT2D eigenvalue weighted by atomic mass is 9.81. The van der Waals surface area contributed by atoms with Crippen LogP contribution in [0.1, 0.15) is 40.5 Å². The molecule has 1 aliphatic heterocycles. The van der Waals surface area contributed by atoms with Crippen molar-refractivity contribution in [1.82, 2.24) is 10.6 Å². The highest BCUT2D eigenvalue weighted by Crippen LogP contribution is 2.36. The Kier molecular flexibility index (Phi) is 4.39. The molecule has 4 nitrogen and oxygen atoms in total. The SMILES string of the molecule is C[C@H]1C[C@@H]1CNC(=O)NC[C@H]1CCO[C@@H]1C(C)(C)C. The van der Waals surface area contributed by atoms with Gasteiger partial charge in [0.05, 0.1) is 6.10 Å². The minimum atomic E-state index is -0.0290. The van der Waals surface area contributed by atoms with Gasteiger partial charge in [0.15, 0.2) is 0 Å². The first kappa shape index (κ1) is 14.6. The molecule has 1 aliphatic carbocycles. The van der Waals surface area contributed by atoms with E-state index in [0.29, 0.717) is 18.4 Å². The minimum absolute atomic E-state index is 0.0290. The Morgan fingerprint density at radius 1 is 1.21 bits per heavy atom. The number of carbonyl (C=O) groups is 1. The number of hydrogen-bond acceptors (Lipinski definition) is 2. The molecule has 1 saturated heterocycles. The largest absolute Gasteiger partial charge is 0.377 e. The maximum atomic E-state index is 11.7. The molecule has 0 spiro atoms. The lowest BCUT2D eigenvalue weighted by molar-refractivity contribution is 0.00775. The van der Waals surface area contributed by atoms with Crippen LogP contribution >= 0.6 is 0 Å². The molecule has 0 aromatic heterocycles. The van der Waals surface area contributed by atoms with Crippen LogP contribution in [0.4, 0.5) is 4.79 Å². The van der Waals surface area contributed by atoms with Crippen molar-refractivity contribution < 1.29 is 9.53 Å². The molecule has 0 bridgehead atoms. The van der Waals surface area contributed by atoms with Crippen LogP contribution in [0, 0.1) is 23.2 Å². The summed E-state index contributed by atoms with van der Waals surface area (Å²) in [6.45, 7) is 11.2. The fourth-order valence-corrected chi connectivity index (χ4v) is 2.99. The molecule has 1 saturated carbocycles. The van der Waals surface area contributed by atoms with Gasteiger partial charge < -0.3 is 15.4 Å². The van der Waals surface area contributed by atoms with Crippen LogP contribution in [0.15, 0.2) is 0 Å². The summed E-state index contributed by atoms with van der Waals surface area (Å²) in [7, 11) is 0. The van der Waals surface area contributed by atoms with Crippen LogP contribution < -0.4 is 10.6 Å². The summed E-state index contributed by atoms with van der Waals surface area (Å²) in [5, 5.41) is 5.96. The van der Waals surface area contributed by atoms with E-state index in [1.165, 1.54) is 6.42 Å². The highest BCUT2D eigenvalue weighted by molar-refractivity contribution is 5.73. The van der Waals surface area contributed by atoms with Crippen LogP contribution in [-0.2, 0) is 4.74 Å². The molecule has 0 unspecified atom stereocenters. The molecule has 4 heteroatoms. The Morgan fingerprint density at radius 2 is 1.79 bits per heavy atom. The van der Waals surface area contributed by atoms with Gasteiger partial charge in [-0.3, -0.25) is 0 Å². The highest BCUT2D eigenvalue weighted by Gasteiger charge is 2.37. The number of urea groups is 1. The summed E-state index contributed by atoms with van der Waals surface area (Å²) in [5.74, 6) is 1.92. The van der Waals surface area contributed by atoms with Gasteiger partial charge in [0.25, 0.3) is 0 Å². The van der Waals surface area contributed by atoms with Crippen LogP contribution in [-0.4, -0.2) is 31.8 Å². The van der Waals surface area contributed by atoms with Gasteiger partial charge in [0, 0.05) is 25.6 Å². The van der Waals surface area contributed by atoms with E-state index in [1.807, 2.05) is 0 Å². The first-order valence-electron chi connectivity index (χ1n) is 7.51.